The van der Waals surface area contributed by atoms with Crippen molar-refractivity contribution in [3.63, 3.8) is 0 Å². The Hall–Kier alpha value is -3.02. The molecule has 6 heteroatoms. The molecule has 0 aliphatic heterocycles. The monoisotopic (exact) mass is 310 g/mol. The van der Waals surface area contributed by atoms with Crippen molar-refractivity contribution in [2.45, 2.75) is 6.92 Å². The highest BCUT2D eigenvalue weighted by atomic mass is 16.5. The van der Waals surface area contributed by atoms with Crippen LogP contribution in [0.1, 0.15) is 6.92 Å². The second-order valence-electron chi connectivity index (χ2n) is 4.88. The largest absolute Gasteiger partial charge is 0.497 e. The zero-order chi connectivity index (χ0) is 16.2. The van der Waals surface area contributed by atoms with Crippen LogP contribution in [-0.4, -0.2) is 28.5 Å². The van der Waals surface area contributed by atoms with Gasteiger partial charge in [0.2, 0.25) is 0 Å². The number of hydrogen-bond acceptors (Lipinski definition) is 5. The van der Waals surface area contributed by atoms with Gasteiger partial charge in [0.15, 0.2) is 5.82 Å². The van der Waals surface area contributed by atoms with Crippen molar-refractivity contribution in [2.24, 2.45) is 0 Å². The van der Waals surface area contributed by atoms with Gasteiger partial charge in [0.1, 0.15) is 5.75 Å². The molecule has 0 unspecified atom stereocenters. The lowest BCUT2D eigenvalue weighted by Gasteiger charge is -2.06. The fourth-order valence-electron chi connectivity index (χ4n) is 2.21. The van der Waals surface area contributed by atoms with E-state index in [2.05, 4.69) is 10.1 Å². The van der Waals surface area contributed by atoms with Gasteiger partial charge in [-0.05, 0) is 55.5 Å². The minimum absolute atomic E-state index is 0.343. The fourth-order valence-corrected chi connectivity index (χ4v) is 2.21. The number of ether oxygens (including phenoxy) is 2. The molecule has 23 heavy (non-hydrogen) atoms. The van der Waals surface area contributed by atoms with Crippen molar-refractivity contribution < 1.29 is 9.47 Å². The van der Waals surface area contributed by atoms with Crippen molar-refractivity contribution in [1.29, 1.82) is 0 Å². The molecule has 0 atom stereocenters. The van der Waals surface area contributed by atoms with Gasteiger partial charge in [0.25, 0.3) is 0 Å². The highest BCUT2D eigenvalue weighted by molar-refractivity contribution is 5.60. The normalized spacial score (nSPS) is 10.5. The minimum atomic E-state index is 0.343. The van der Waals surface area contributed by atoms with Crippen LogP contribution in [-0.2, 0) is 0 Å². The standard InChI is InChI=1S/C17H18N4O2/c1-3-23-17-19-16(12-4-10-15(22-2)11-5-12)21(20-17)14-8-6-13(18)7-9-14/h4-11H,3,18H2,1-2H3. The van der Waals surface area contributed by atoms with Gasteiger partial charge in [-0.25, -0.2) is 4.68 Å². The van der Waals surface area contributed by atoms with Gasteiger partial charge in [0.05, 0.1) is 19.4 Å². The number of methoxy groups -OCH3 is 1. The van der Waals surface area contributed by atoms with Crippen LogP contribution >= 0.6 is 0 Å². The smallest absolute Gasteiger partial charge is 0.336 e. The van der Waals surface area contributed by atoms with E-state index >= 15 is 0 Å². The van der Waals surface area contributed by atoms with E-state index in [4.69, 9.17) is 15.2 Å². The Labute approximate surface area is 134 Å². The third-order valence-electron chi connectivity index (χ3n) is 3.35. The molecule has 2 N–H and O–H groups in total. The maximum atomic E-state index is 5.75. The number of nitrogen functional groups attached to an aromatic ring is 1. The predicted molar refractivity (Wildman–Crippen MR) is 88.9 cm³/mol. The lowest BCUT2D eigenvalue weighted by molar-refractivity contribution is 0.312. The van der Waals surface area contributed by atoms with Crippen LogP contribution in [0.2, 0.25) is 0 Å². The van der Waals surface area contributed by atoms with Crippen molar-refractivity contribution in [3.8, 4) is 28.8 Å². The molecule has 1 aromatic heterocycles. The van der Waals surface area contributed by atoms with E-state index in [-0.39, 0.29) is 0 Å². The molecule has 1 heterocycles. The third-order valence-corrected chi connectivity index (χ3v) is 3.35. The van der Waals surface area contributed by atoms with Gasteiger partial charge >= 0.3 is 6.01 Å². The highest BCUT2D eigenvalue weighted by Gasteiger charge is 2.14. The Morgan fingerprint density at radius 1 is 1.04 bits per heavy atom. The van der Waals surface area contributed by atoms with Gasteiger partial charge < -0.3 is 15.2 Å². The van der Waals surface area contributed by atoms with E-state index in [1.54, 1.807) is 11.8 Å². The first-order valence-corrected chi connectivity index (χ1v) is 7.31. The Morgan fingerprint density at radius 3 is 2.35 bits per heavy atom. The van der Waals surface area contributed by atoms with Gasteiger partial charge in [-0.2, -0.15) is 4.98 Å². The van der Waals surface area contributed by atoms with E-state index in [1.807, 2.05) is 55.5 Å². The summed E-state index contributed by atoms with van der Waals surface area (Å²) in [6, 6.07) is 15.4. The second-order valence-corrected chi connectivity index (χ2v) is 4.88. The lowest BCUT2D eigenvalue weighted by atomic mass is 10.2. The molecule has 3 rings (SSSR count). The number of aromatic nitrogens is 3. The first kappa shape index (κ1) is 14.9. The molecule has 3 aromatic rings. The SMILES string of the molecule is CCOc1nc(-c2ccc(OC)cc2)n(-c2ccc(N)cc2)n1. The zero-order valence-electron chi connectivity index (χ0n) is 13.1. The van der Waals surface area contributed by atoms with Crippen LogP contribution in [0.15, 0.2) is 48.5 Å². The van der Waals surface area contributed by atoms with Gasteiger partial charge in [-0.15, -0.1) is 5.10 Å². The maximum Gasteiger partial charge on any atom is 0.336 e. The lowest BCUT2D eigenvalue weighted by Crippen LogP contribution is -2.00. The van der Waals surface area contributed by atoms with E-state index in [1.165, 1.54) is 0 Å². The maximum absolute atomic E-state index is 5.75. The fraction of sp³-hybridized carbons (Fsp3) is 0.176. The minimum Gasteiger partial charge on any atom is -0.497 e. The van der Waals surface area contributed by atoms with E-state index in [0.717, 1.165) is 17.0 Å². The quantitative estimate of drug-likeness (QED) is 0.733. The molecule has 0 amide bonds. The van der Waals surface area contributed by atoms with Crippen LogP contribution in [0.4, 0.5) is 5.69 Å². The number of rotatable bonds is 5. The first-order valence-electron chi connectivity index (χ1n) is 7.31. The van der Waals surface area contributed by atoms with Crippen molar-refractivity contribution in [3.05, 3.63) is 48.5 Å². The molecule has 118 valence electrons. The summed E-state index contributed by atoms with van der Waals surface area (Å²) in [5, 5.41) is 4.43. The van der Waals surface area contributed by atoms with Crippen LogP contribution in [0.5, 0.6) is 11.8 Å². The number of anilines is 1. The number of hydrogen-bond donors (Lipinski definition) is 1. The van der Waals surface area contributed by atoms with Gasteiger partial charge in [-0.3, -0.25) is 0 Å². The Balaban J connectivity index is 2.08. The molecule has 0 spiro atoms. The van der Waals surface area contributed by atoms with Crippen LogP contribution in [0.3, 0.4) is 0 Å². The van der Waals surface area contributed by atoms with E-state index < -0.39 is 0 Å². The third kappa shape index (κ3) is 3.11. The van der Waals surface area contributed by atoms with Gasteiger partial charge in [0, 0.05) is 11.3 Å². The molecule has 0 saturated carbocycles. The molecule has 0 saturated heterocycles. The summed E-state index contributed by atoms with van der Waals surface area (Å²) < 4.78 is 12.4. The van der Waals surface area contributed by atoms with Crippen LogP contribution in [0, 0.1) is 0 Å². The van der Waals surface area contributed by atoms with Gasteiger partial charge in [-0.1, -0.05) is 0 Å². The molecular weight excluding hydrogens is 292 g/mol. The summed E-state index contributed by atoms with van der Waals surface area (Å²) >= 11 is 0. The van der Waals surface area contributed by atoms with Crippen molar-refractivity contribution in [1.82, 2.24) is 14.8 Å². The second kappa shape index (κ2) is 6.39. The Morgan fingerprint density at radius 2 is 1.74 bits per heavy atom. The summed E-state index contributed by atoms with van der Waals surface area (Å²) in [5.74, 6) is 1.48. The molecule has 0 aliphatic rings. The molecule has 2 aromatic carbocycles. The summed E-state index contributed by atoms with van der Waals surface area (Å²) in [7, 11) is 1.64. The molecule has 0 aliphatic carbocycles. The predicted octanol–water partition coefficient (Wildman–Crippen LogP) is 2.92. The van der Waals surface area contributed by atoms with E-state index in [9.17, 15) is 0 Å². The van der Waals surface area contributed by atoms with Crippen molar-refractivity contribution in [2.75, 3.05) is 19.5 Å². The molecule has 0 bridgehead atoms. The number of nitrogens with two attached hydrogens (primary N) is 1. The van der Waals surface area contributed by atoms with Crippen molar-refractivity contribution >= 4 is 5.69 Å². The average Bonchev–Trinajstić information content (AvgIpc) is 3.00. The summed E-state index contributed by atoms with van der Waals surface area (Å²) in [6.07, 6.45) is 0. The van der Waals surface area contributed by atoms with Crippen LogP contribution < -0.4 is 15.2 Å². The van der Waals surface area contributed by atoms with Crippen LogP contribution in [0.25, 0.3) is 17.1 Å². The average molecular weight is 310 g/mol. The Kier molecular flexibility index (Phi) is 4.14. The number of nitrogens with zero attached hydrogens (tertiary/aromatic N) is 3. The highest BCUT2D eigenvalue weighted by Crippen LogP contribution is 2.25. The zero-order valence-corrected chi connectivity index (χ0v) is 13.1. The number of benzene rings is 2. The molecule has 6 nitrogen and oxygen atoms in total. The van der Waals surface area contributed by atoms with E-state index in [0.29, 0.717) is 24.1 Å². The Bertz CT molecular complexity index is 779. The molecule has 0 radical (unpaired) electrons. The summed E-state index contributed by atoms with van der Waals surface area (Å²) in [6.45, 7) is 2.41. The molecule has 0 fully saturated rings. The topological polar surface area (TPSA) is 75.2 Å². The summed E-state index contributed by atoms with van der Waals surface area (Å²) in [4.78, 5) is 4.48. The summed E-state index contributed by atoms with van der Waals surface area (Å²) in [5.41, 5.74) is 8.24. The first-order chi connectivity index (χ1) is 11.2. The molecular formula is C17H18N4O2.